The molecule has 0 atom stereocenters. The summed E-state index contributed by atoms with van der Waals surface area (Å²) in [5.41, 5.74) is 2.43. The molecule has 3 N–H and O–H groups in total. The molecule has 4 aromatic rings. The summed E-state index contributed by atoms with van der Waals surface area (Å²) in [6, 6.07) is 7.08. The Hall–Kier alpha value is -3.13. The van der Waals surface area contributed by atoms with E-state index in [4.69, 9.17) is 11.6 Å². The normalized spacial score (nSPS) is 11.3. The quantitative estimate of drug-likeness (QED) is 0.487. The van der Waals surface area contributed by atoms with Gasteiger partial charge in [-0.2, -0.15) is 9.50 Å². The fourth-order valence-electron chi connectivity index (χ4n) is 3.02. The predicted octanol–water partition coefficient (Wildman–Crippen LogP) is 1.76. The van der Waals surface area contributed by atoms with Gasteiger partial charge in [0.15, 0.2) is 0 Å². The Kier molecular flexibility index (Phi) is 4.41. The maximum atomic E-state index is 12.2. The molecule has 0 radical (unpaired) electrons. The Balaban J connectivity index is 1.39. The molecule has 0 aliphatic heterocycles. The highest BCUT2D eigenvalue weighted by atomic mass is 35.5. The number of aromatic nitrogens is 5. The second kappa shape index (κ2) is 6.88. The number of aromatic amines is 2. The highest BCUT2D eigenvalue weighted by Gasteiger charge is 2.11. The fraction of sp³-hybridized carbons (Fsp3) is 0.222. The Labute approximate surface area is 158 Å². The van der Waals surface area contributed by atoms with Crippen molar-refractivity contribution < 1.29 is 4.79 Å². The number of amides is 1. The standard InChI is InChI=1S/C18H17ClN6O2/c1-10-6-17(27)25-18(22-10)23-15(24-25)8-16(26)20-5-4-11-9-21-14-3-2-12(19)7-13(11)14/h2-3,6-7,9,21H,4-5,8H2,1H3,(H,20,26)(H,22,23,24). The Morgan fingerprint density at radius 1 is 1.30 bits per heavy atom. The van der Waals surface area contributed by atoms with E-state index in [-0.39, 0.29) is 23.7 Å². The SMILES string of the molecule is Cc1cc(=O)n2[nH]c(CC(=O)NCCc3c[nH]c4ccc(Cl)cc34)nc2n1. The van der Waals surface area contributed by atoms with Gasteiger partial charge < -0.3 is 10.3 Å². The largest absolute Gasteiger partial charge is 0.361 e. The van der Waals surface area contributed by atoms with Crippen LogP contribution in [0.15, 0.2) is 35.3 Å². The van der Waals surface area contributed by atoms with E-state index in [1.807, 2.05) is 24.4 Å². The summed E-state index contributed by atoms with van der Waals surface area (Å²) in [4.78, 5) is 35.6. The van der Waals surface area contributed by atoms with Gasteiger partial charge in [0.1, 0.15) is 5.82 Å². The van der Waals surface area contributed by atoms with Crippen LogP contribution in [0.2, 0.25) is 5.02 Å². The van der Waals surface area contributed by atoms with Crippen LogP contribution in [-0.4, -0.2) is 37.0 Å². The molecule has 8 nitrogen and oxygen atoms in total. The predicted molar refractivity (Wildman–Crippen MR) is 102 cm³/mol. The van der Waals surface area contributed by atoms with Gasteiger partial charge >= 0.3 is 0 Å². The van der Waals surface area contributed by atoms with E-state index in [1.54, 1.807) is 6.92 Å². The van der Waals surface area contributed by atoms with Crippen molar-refractivity contribution in [1.29, 1.82) is 0 Å². The lowest BCUT2D eigenvalue weighted by Gasteiger charge is -2.03. The van der Waals surface area contributed by atoms with Crippen molar-refractivity contribution in [2.24, 2.45) is 0 Å². The smallest absolute Gasteiger partial charge is 0.274 e. The zero-order chi connectivity index (χ0) is 19.0. The number of nitrogens with zero attached hydrogens (tertiary/aromatic N) is 3. The average molecular weight is 385 g/mol. The Morgan fingerprint density at radius 2 is 2.15 bits per heavy atom. The molecule has 0 fully saturated rings. The van der Waals surface area contributed by atoms with E-state index in [0.29, 0.717) is 29.5 Å². The van der Waals surface area contributed by atoms with Gasteiger partial charge in [-0.25, -0.2) is 4.98 Å². The minimum atomic E-state index is -0.255. The molecule has 0 aliphatic rings. The lowest BCUT2D eigenvalue weighted by Crippen LogP contribution is -2.27. The van der Waals surface area contributed by atoms with Crippen molar-refractivity contribution in [2.45, 2.75) is 19.8 Å². The summed E-state index contributed by atoms with van der Waals surface area (Å²) in [6.07, 6.45) is 2.64. The van der Waals surface area contributed by atoms with E-state index < -0.39 is 0 Å². The van der Waals surface area contributed by atoms with E-state index in [2.05, 4.69) is 25.4 Å². The molecule has 3 heterocycles. The molecule has 27 heavy (non-hydrogen) atoms. The van der Waals surface area contributed by atoms with E-state index in [0.717, 1.165) is 16.5 Å². The van der Waals surface area contributed by atoms with E-state index in [9.17, 15) is 9.59 Å². The second-order valence-corrected chi connectivity index (χ2v) is 6.76. The van der Waals surface area contributed by atoms with Crippen molar-refractivity contribution in [3.63, 3.8) is 0 Å². The highest BCUT2D eigenvalue weighted by molar-refractivity contribution is 6.31. The molecule has 0 bridgehead atoms. The van der Waals surface area contributed by atoms with Crippen LogP contribution in [0.1, 0.15) is 17.1 Å². The number of carbonyl (C=O) groups excluding carboxylic acids is 1. The number of hydrogen-bond acceptors (Lipinski definition) is 4. The topological polar surface area (TPSA) is 108 Å². The van der Waals surface area contributed by atoms with Crippen molar-refractivity contribution in [1.82, 2.24) is 29.9 Å². The van der Waals surface area contributed by atoms with Crippen LogP contribution < -0.4 is 10.9 Å². The molecule has 0 unspecified atom stereocenters. The van der Waals surface area contributed by atoms with Gasteiger partial charge in [-0.15, -0.1) is 0 Å². The van der Waals surface area contributed by atoms with Crippen LogP contribution >= 0.6 is 11.6 Å². The number of hydrogen-bond donors (Lipinski definition) is 3. The van der Waals surface area contributed by atoms with E-state index >= 15 is 0 Å². The van der Waals surface area contributed by atoms with Crippen LogP contribution in [0.5, 0.6) is 0 Å². The molecule has 138 valence electrons. The van der Waals surface area contributed by atoms with Gasteiger partial charge in [-0.1, -0.05) is 11.6 Å². The molecule has 9 heteroatoms. The Bertz CT molecular complexity index is 1210. The molecule has 0 saturated heterocycles. The number of carbonyl (C=O) groups is 1. The van der Waals surface area contributed by atoms with Crippen molar-refractivity contribution in [2.75, 3.05) is 6.54 Å². The fourth-order valence-corrected chi connectivity index (χ4v) is 3.20. The molecule has 0 spiro atoms. The number of H-pyrrole nitrogens is 2. The number of aryl methyl sites for hydroxylation is 1. The van der Waals surface area contributed by atoms with Gasteiger partial charge in [0.2, 0.25) is 5.91 Å². The van der Waals surface area contributed by atoms with Crippen molar-refractivity contribution in [3.8, 4) is 0 Å². The molecular weight excluding hydrogens is 368 g/mol. The number of halogens is 1. The monoisotopic (exact) mass is 384 g/mol. The lowest BCUT2D eigenvalue weighted by molar-refractivity contribution is -0.120. The first-order valence-electron chi connectivity index (χ1n) is 8.47. The minimum Gasteiger partial charge on any atom is -0.361 e. The van der Waals surface area contributed by atoms with Crippen LogP contribution in [0.4, 0.5) is 0 Å². The summed E-state index contributed by atoms with van der Waals surface area (Å²) in [5.74, 6) is 0.469. The second-order valence-electron chi connectivity index (χ2n) is 6.32. The first kappa shape index (κ1) is 17.3. The first-order valence-corrected chi connectivity index (χ1v) is 8.85. The third kappa shape index (κ3) is 3.56. The average Bonchev–Trinajstić information content (AvgIpc) is 3.18. The molecule has 1 aromatic carbocycles. The Morgan fingerprint density at radius 3 is 3.00 bits per heavy atom. The van der Waals surface area contributed by atoms with Crippen molar-refractivity contribution in [3.05, 3.63) is 62.9 Å². The van der Waals surface area contributed by atoms with Gasteiger partial charge in [0, 0.05) is 40.4 Å². The van der Waals surface area contributed by atoms with Gasteiger partial charge in [-0.3, -0.25) is 14.7 Å². The first-order chi connectivity index (χ1) is 13.0. The third-order valence-corrected chi connectivity index (χ3v) is 4.51. The zero-order valence-electron chi connectivity index (χ0n) is 14.5. The summed E-state index contributed by atoms with van der Waals surface area (Å²) >= 11 is 6.05. The number of nitrogens with one attached hydrogen (secondary N) is 3. The summed E-state index contributed by atoms with van der Waals surface area (Å²) < 4.78 is 1.23. The number of fused-ring (bicyclic) bond motifs is 2. The number of rotatable bonds is 5. The minimum absolute atomic E-state index is 0.0432. The third-order valence-electron chi connectivity index (χ3n) is 4.28. The molecule has 3 aromatic heterocycles. The van der Waals surface area contributed by atoms with Crippen molar-refractivity contribution >= 4 is 34.2 Å². The van der Waals surface area contributed by atoms with E-state index in [1.165, 1.54) is 10.6 Å². The van der Waals surface area contributed by atoms with Crippen LogP contribution in [0, 0.1) is 6.92 Å². The van der Waals surface area contributed by atoms with Crippen LogP contribution in [0.25, 0.3) is 16.7 Å². The molecule has 0 aliphatic carbocycles. The molecule has 4 rings (SSSR count). The molecule has 0 saturated carbocycles. The van der Waals surface area contributed by atoms with Gasteiger partial charge in [0.25, 0.3) is 11.3 Å². The summed E-state index contributed by atoms with van der Waals surface area (Å²) in [6.45, 7) is 2.20. The molecular formula is C18H17ClN6O2. The maximum Gasteiger partial charge on any atom is 0.274 e. The number of benzene rings is 1. The van der Waals surface area contributed by atoms with Gasteiger partial charge in [-0.05, 0) is 37.1 Å². The summed E-state index contributed by atoms with van der Waals surface area (Å²) in [5, 5.41) is 7.40. The maximum absolute atomic E-state index is 12.2. The lowest BCUT2D eigenvalue weighted by atomic mass is 10.1. The zero-order valence-corrected chi connectivity index (χ0v) is 15.3. The summed E-state index contributed by atoms with van der Waals surface area (Å²) in [7, 11) is 0. The van der Waals surface area contributed by atoms with Crippen LogP contribution in [-0.2, 0) is 17.6 Å². The highest BCUT2D eigenvalue weighted by Crippen LogP contribution is 2.22. The van der Waals surface area contributed by atoms with Crippen LogP contribution in [0.3, 0.4) is 0 Å². The molecule has 1 amide bonds. The van der Waals surface area contributed by atoms with Gasteiger partial charge in [0.05, 0.1) is 6.42 Å².